The maximum atomic E-state index is 9.32. The summed E-state index contributed by atoms with van der Waals surface area (Å²) >= 11 is 0. The van der Waals surface area contributed by atoms with Gasteiger partial charge in [0.1, 0.15) is 0 Å². The van der Waals surface area contributed by atoms with Gasteiger partial charge < -0.3 is 10.2 Å². The van der Waals surface area contributed by atoms with Gasteiger partial charge in [-0.05, 0) is 10.8 Å². The molecular formula is C12H11NO4. The van der Waals surface area contributed by atoms with E-state index in [0.717, 1.165) is 5.32 Å². The quantitative estimate of drug-likeness (QED) is 0.653. The van der Waals surface area contributed by atoms with Gasteiger partial charge >= 0.3 is 12.2 Å². The zero-order valence-electron chi connectivity index (χ0n) is 8.83. The third kappa shape index (κ3) is 4.65. The smallest absolute Gasteiger partial charge is 0.414 e. The van der Waals surface area contributed by atoms with Gasteiger partial charge in [-0.15, -0.1) is 0 Å². The Morgan fingerprint density at radius 1 is 0.765 bits per heavy atom. The van der Waals surface area contributed by atoms with Crippen LogP contribution in [-0.2, 0) is 0 Å². The van der Waals surface area contributed by atoms with E-state index in [2.05, 4.69) is 48.5 Å². The van der Waals surface area contributed by atoms with Crippen molar-refractivity contribution in [2.45, 2.75) is 0 Å². The minimum Gasteiger partial charge on any atom is -0.465 e. The van der Waals surface area contributed by atoms with Gasteiger partial charge in [-0.2, -0.15) is 0 Å². The summed E-state index contributed by atoms with van der Waals surface area (Å²) in [4.78, 5) is 18.6. The molecule has 5 nitrogen and oxygen atoms in total. The number of hydrogen-bond donors (Lipinski definition) is 3. The molecule has 88 valence electrons. The molecule has 0 aliphatic heterocycles. The molecule has 0 unspecified atom stereocenters. The molecule has 5 heteroatoms. The van der Waals surface area contributed by atoms with Crippen molar-refractivity contribution in [3.8, 4) is 0 Å². The van der Waals surface area contributed by atoms with Gasteiger partial charge in [-0.1, -0.05) is 48.5 Å². The summed E-state index contributed by atoms with van der Waals surface area (Å²) in [6.45, 7) is 0. The monoisotopic (exact) mass is 233 g/mol. The van der Waals surface area contributed by atoms with Crippen LogP contribution in [0.1, 0.15) is 0 Å². The maximum Gasteiger partial charge on any atom is 0.414 e. The third-order valence-corrected chi connectivity index (χ3v) is 1.87. The molecule has 0 atom stereocenters. The Morgan fingerprint density at radius 3 is 1.24 bits per heavy atom. The number of hydrogen-bond acceptors (Lipinski definition) is 2. The summed E-state index contributed by atoms with van der Waals surface area (Å²) in [7, 11) is 0. The van der Waals surface area contributed by atoms with Gasteiger partial charge in [0.2, 0.25) is 0 Å². The summed E-state index contributed by atoms with van der Waals surface area (Å²) in [6, 6.07) is 16.7. The topological polar surface area (TPSA) is 86.6 Å². The number of nitrogens with one attached hydrogen (secondary N) is 1. The third-order valence-electron chi connectivity index (χ3n) is 1.87. The molecule has 2 rings (SSSR count). The fourth-order valence-electron chi connectivity index (χ4n) is 1.22. The number of imide groups is 1. The molecule has 0 radical (unpaired) electrons. The SMILES string of the molecule is O=C(O)NC(=O)O.c1ccc2ccccc2c1. The van der Waals surface area contributed by atoms with Crippen LogP contribution in [0.4, 0.5) is 9.59 Å². The molecule has 0 spiro atoms. The highest BCUT2D eigenvalue weighted by Crippen LogP contribution is 2.11. The van der Waals surface area contributed by atoms with Crippen LogP contribution in [0.3, 0.4) is 0 Å². The molecule has 2 aromatic rings. The van der Waals surface area contributed by atoms with E-state index >= 15 is 0 Å². The van der Waals surface area contributed by atoms with E-state index in [0.29, 0.717) is 0 Å². The average molecular weight is 233 g/mol. The maximum absolute atomic E-state index is 9.32. The lowest BCUT2D eigenvalue weighted by Gasteiger charge is -1.92. The first-order valence-corrected chi connectivity index (χ1v) is 4.76. The number of rotatable bonds is 0. The van der Waals surface area contributed by atoms with Crippen molar-refractivity contribution in [2.24, 2.45) is 0 Å². The number of carboxylic acid groups (broad SMARTS) is 2. The van der Waals surface area contributed by atoms with E-state index in [-0.39, 0.29) is 0 Å². The second-order valence-electron chi connectivity index (χ2n) is 3.08. The summed E-state index contributed by atoms with van der Waals surface area (Å²) in [5.41, 5.74) is 0. The summed E-state index contributed by atoms with van der Waals surface area (Å²) in [5.74, 6) is 0. The van der Waals surface area contributed by atoms with Crippen LogP contribution in [0.5, 0.6) is 0 Å². The first-order chi connectivity index (χ1) is 8.09. The molecule has 17 heavy (non-hydrogen) atoms. The molecule has 0 bridgehead atoms. The highest BCUT2D eigenvalue weighted by molar-refractivity contribution is 5.85. The number of benzene rings is 2. The Balaban J connectivity index is 0.000000185. The normalized spacial score (nSPS) is 8.94. The van der Waals surface area contributed by atoms with Crippen molar-refractivity contribution < 1.29 is 19.8 Å². The Kier molecular flexibility index (Phi) is 4.50. The molecule has 2 aromatic carbocycles. The Labute approximate surface area is 97.3 Å². The number of fused-ring (bicyclic) bond motifs is 1. The lowest BCUT2D eigenvalue weighted by molar-refractivity contribution is 0.174. The van der Waals surface area contributed by atoms with Crippen LogP contribution in [0.15, 0.2) is 48.5 Å². The molecule has 0 aromatic heterocycles. The van der Waals surface area contributed by atoms with E-state index < -0.39 is 12.2 Å². The predicted molar refractivity (Wildman–Crippen MR) is 63.1 cm³/mol. The van der Waals surface area contributed by atoms with Gasteiger partial charge in [0.15, 0.2) is 0 Å². The first kappa shape index (κ1) is 12.5. The van der Waals surface area contributed by atoms with Crippen molar-refractivity contribution in [2.75, 3.05) is 0 Å². The summed E-state index contributed by atoms with van der Waals surface area (Å²) in [6.07, 6.45) is -3.12. The Hall–Kier alpha value is -2.56. The minimum absolute atomic E-state index is 1.14. The molecule has 0 aliphatic rings. The molecule has 0 saturated heterocycles. The fourth-order valence-corrected chi connectivity index (χ4v) is 1.22. The lowest BCUT2D eigenvalue weighted by atomic mass is 10.1. The molecule has 0 fully saturated rings. The van der Waals surface area contributed by atoms with Crippen molar-refractivity contribution in [1.29, 1.82) is 0 Å². The van der Waals surface area contributed by atoms with Crippen molar-refractivity contribution in [1.82, 2.24) is 5.32 Å². The van der Waals surface area contributed by atoms with Crippen LogP contribution in [0, 0.1) is 0 Å². The number of carbonyl (C=O) groups is 2. The zero-order chi connectivity index (χ0) is 12.7. The van der Waals surface area contributed by atoms with Gasteiger partial charge in [0.25, 0.3) is 0 Å². The van der Waals surface area contributed by atoms with Crippen molar-refractivity contribution >= 4 is 23.0 Å². The molecule has 0 heterocycles. The Morgan fingerprint density at radius 2 is 1.06 bits per heavy atom. The zero-order valence-corrected chi connectivity index (χ0v) is 8.83. The predicted octanol–water partition coefficient (Wildman–Crippen LogP) is 2.77. The second-order valence-corrected chi connectivity index (χ2v) is 3.08. The van der Waals surface area contributed by atoms with Crippen LogP contribution in [-0.4, -0.2) is 22.4 Å². The van der Waals surface area contributed by atoms with Crippen LogP contribution in [0.25, 0.3) is 10.8 Å². The minimum atomic E-state index is -1.56. The second kappa shape index (κ2) is 6.12. The van der Waals surface area contributed by atoms with Crippen LogP contribution >= 0.6 is 0 Å². The van der Waals surface area contributed by atoms with Gasteiger partial charge in [0, 0.05) is 0 Å². The summed E-state index contributed by atoms with van der Waals surface area (Å²) < 4.78 is 0. The van der Waals surface area contributed by atoms with E-state index in [4.69, 9.17) is 10.2 Å². The van der Waals surface area contributed by atoms with E-state index in [9.17, 15) is 9.59 Å². The van der Waals surface area contributed by atoms with Crippen LogP contribution < -0.4 is 5.32 Å². The molecule has 3 N–H and O–H groups in total. The van der Waals surface area contributed by atoms with Crippen LogP contribution in [0.2, 0.25) is 0 Å². The molecular weight excluding hydrogens is 222 g/mol. The molecule has 0 aliphatic carbocycles. The van der Waals surface area contributed by atoms with Crippen molar-refractivity contribution in [3.05, 3.63) is 48.5 Å². The van der Waals surface area contributed by atoms with Gasteiger partial charge in [-0.25, -0.2) is 14.9 Å². The highest BCUT2D eigenvalue weighted by atomic mass is 16.4. The molecule has 2 amide bonds. The molecule has 0 saturated carbocycles. The van der Waals surface area contributed by atoms with Crippen molar-refractivity contribution in [3.63, 3.8) is 0 Å². The van der Waals surface area contributed by atoms with E-state index in [1.165, 1.54) is 10.8 Å². The largest absolute Gasteiger partial charge is 0.465 e. The number of amides is 2. The Bertz CT molecular complexity index is 447. The average Bonchev–Trinajstić information content (AvgIpc) is 2.28. The van der Waals surface area contributed by atoms with E-state index in [1.54, 1.807) is 0 Å². The standard InChI is InChI=1S/C10H8.C2H3NO4/c1-2-6-10-8-4-3-7-9(10)5-1;4-1(5)3-2(6)7/h1-8H;3H,(H,4,5)(H,6,7). The fraction of sp³-hybridized carbons (Fsp3) is 0. The van der Waals surface area contributed by atoms with E-state index in [1.807, 2.05) is 0 Å². The van der Waals surface area contributed by atoms with Gasteiger partial charge in [-0.3, -0.25) is 0 Å². The summed E-state index contributed by atoms with van der Waals surface area (Å²) in [5, 5.41) is 18.9. The van der Waals surface area contributed by atoms with Gasteiger partial charge in [0.05, 0.1) is 0 Å². The highest BCUT2D eigenvalue weighted by Gasteiger charge is 1.97. The lowest BCUT2D eigenvalue weighted by Crippen LogP contribution is -2.26. The first-order valence-electron chi connectivity index (χ1n) is 4.76.